The Bertz CT molecular complexity index is 457. The minimum Gasteiger partial charge on any atom is -0.369 e. The summed E-state index contributed by atoms with van der Waals surface area (Å²) in [4.78, 5) is 5.11. The van der Waals surface area contributed by atoms with Gasteiger partial charge in [0.2, 0.25) is 0 Å². The second-order valence-corrected chi connectivity index (χ2v) is 6.99. The lowest BCUT2D eigenvalue weighted by Crippen LogP contribution is -2.49. The first kappa shape index (κ1) is 14.9. The number of hydrogen-bond donors (Lipinski definition) is 1. The lowest BCUT2D eigenvalue weighted by Gasteiger charge is -2.37. The predicted molar refractivity (Wildman–Crippen MR) is 89.8 cm³/mol. The van der Waals surface area contributed by atoms with Gasteiger partial charge in [-0.15, -0.1) is 0 Å². The second kappa shape index (κ2) is 6.37. The van der Waals surface area contributed by atoms with E-state index in [1.807, 2.05) is 0 Å². The molecule has 3 heteroatoms. The maximum Gasteiger partial charge on any atom is 0.0369 e. The lowest BCUT2D eigenvalue weighted by molar-refractivity contribution is 0.227. The fourth-order valence-electron chi connectivity index (χ4n) is 3.76. The van der Waals surface area contributed by atoms with Crippen LogP contribution in [0.5, 0.6) is 0 Å². The highest BCUT2D eigenvalue weighted by molar-refractivity contribution is 5.48. The van der Waals surface area contributed by atoms with E-state index >= 15 is 0 Å². The van der Waals surface area contributed by atoms with E-state index in [4.69, 9.17) is 5.73 Å². The molecule has 0 bridgehead atoms. The molecule has 1 aromatic rings. The van der Waals surface area contributed by atoms with Gasteiger partial charge in [-0.1, -0.05) is 25.0 Å². The number of nitrogens with zero attached hydrogens (tertiary/aromatic N) is 2. The summed E-state index contributed by atoms with van der Waals surface area (Å²) in [6.07, 6.45) is 6.30. The lowest BCUT2D eigenvalue weighted by atomic mass is 9.94. The number of nitrogens with two attached hydrogens (primary N) is 1. The van der Waals surface area contributed by atoms with E-state index < -0.39 is 0 Å². The highest BCUT2D eigenvalue weighted by Crippen LogP contribution is 2.30. The second-order valence-electron chi connectivity index (χ2n) is 6.99. The Balaban J connectivity index is 1.47. The molecule has 2 N–H and O–H groups in total. The van der Waals surface area contributed by atoms with E-state index in [2.05, 4.69) is 41.0 Å². The van der Waals surface area contributed by atoms with Gasteiger partial charge < -0.3 is 10.6 Å². The van der Waals surface area contributed by atoms with Crippen molar-refractivity contribution in [3.8, 4) is 0 Å². The molecule has 1 aromatic carbocycles. The Labute approximate surface area is 129 Å². The molecule has 3 nitrogen and oxygen atoms in total. The molecule has 1 heterocycles. The highest BCUT2D eigenvalue weighted by Gasteiger charge is 2.29. The zero-order valence-corrected chi connectivity index (χ0v) is 13.4. The van der Waals surface area contributed by atoms with Crippen LogP contribution in [0.1, 0.15) is 37.7 Å². The molecule has 1 aliphatic carbocycles. The van der Waals surface area contributed by atoms with Gasteiger partial charge in [-0.25, -0.2) is 0 Å². The summed E-state index contributed by atoms with van der Waals surface area (Å²) in [5.74, 6) is 0. The van der Waals surface area contributed by atoms with Crippen LogP contribution in [-0.2, 0) is 0 Å². The van der Waals surface area contributed by atoms with Gasteiger partial charge in [0.1, 0.15) is 0 Å². The molecular weight excluding hydrogens is 258 g/mol. The van der Waals surface area contributed by atoms with Crippen molar-refractivity contribution >= 4 is 5.69 Å². The minimum absolute atomic E-state index is 0.147. The third kappa shape index (κ3) is 3.78. The summed E-state index contributed by atoms with van der Waals surface area (Å²) in [7, 11) is 0. The topological polar surface area (TPSA) is 32.5 Å². The van der Waals surface area contributed by atoms with Crippen LogP contribution in [0.2, 0.25) is 0 Å². The van der Waals surface area contributed by atoms with Gasteiger partial charge in [0.15, 0.2) is 0 Å². The average Bonchev–Trinajstić information content (AvgIpc) is 2.93. The molecule has 0 aromatic heterocycles. The molecule has 21 heavy (non-hydrogen) atoms. The van der Waals surface area contributed by atoms with Crippen molar-refractivity contribution in [1.29, 1.82) is 0 Å². The largest absolute Gasteiger partial charge is 0.369 e. The van der Waals surface area contributed by atoms with Gasteiger partial charge in [0.05, 0.1) is 0 Å². The van der Waals surface area contributed by atoms with E-state index in [1.54, 1.807) is 0 Å². The Morgan fingerprint density at radius 2 is 1.81 bits per heavy atom. The quantitative estimate of drug-likeness (QED) is 0.924. The summed E-state index contributed by atoms with van der Waals surface area (Å²) >= 11 is 0. The molecule has 0 radical (unpaired) electrons. The summed E-state index contributed by atoms with van der Waals surface area (Å²) in [6.45, 7) is 7.97. The van der Waals surface area contributed by atoms with Crippen LogP contribution in [0, 0.1) is 6.92 Å². The van der Waals surface area contributed by atoms with Gasteiger partial charge in [0, 0.05) is 44.0 Å². The first-order valence-corrected chi connectivity index (χ1v) is 8.48. The summed E-state index contributed by atoms with van der Waals surface area (Å²) in [5, 5.41) is 0. The number of anilines is 1. The molecule has 2 fully saturated rings. The van der Waals surface area contributed by atoms with Gasteiger partial charge >= 0.3 is 0 Å². The zero-order valence-electron chi connectivity index (χ0n) is 13.4. The Morgan fingerprint density at radius 1 is 1.10 bits per heavy atom. The molecule has 1 saturated heterocycles. The standard InChI is InChI=1S/C18H29N3/c1-16-5-4-6-17(15-16)21-13-11-20(12-14-21)10-9-18(19)7-2-3-8-18/h4-6,15H,2-3,7-14,19H2,1H3. The van der Waals surface area contributed by atoms with E-state index in [9.17, 15) is 0 Å². The molecular formula is C18H29N3. The molecule has 1 aliphatic heterocycles. The van der Waals surface area contributed by atoms with Crippen LogP contribution in [-0.4, -0.2) is 43.2 Å². The Kier molecular flexibility index (Phi) is 4.51. The monoisotopic (exact) mass is 287 g/mol. The van der Waals surface area contributed by atoms with E-state index in [1.165, 1.54) is 63.0 Å². The number of hydrogen-bond acceptors (Lipinski definition) is 3. The van der Waals surface area contributed by atoms with Crippen LogP contribution in [0.4, 0.5) is 5.69 Å². The third-order valence-electron chi connectivity index (χ3n) is 5.26. The molecule has 1 saturated carbocycles. The van der Waals surface area contributed by atoms with E-state index in [-0.39, 0.29) is 5.54 Å². The van der Waals surface area contributed by atoms with Crippen molar-refractivity contribution in [2.24, 2.45) is 5.73 Å². The third-order valence-corrected chi connectivity index (χ3v) is 5.26. The molecule has 3 rings (SSSR count). The van der Waals surface area contributed by atoms with Gasteiger partial charge in [0.25, 0.3) is 0 Å². The minimum atomic E-state index is 0.147. The fourth-order valence-corrected chi connectivity index (χ4v) is 3.76. The number of aryl methyl sites for hydroxylation is 1. The smallest absolute Gasteiger partial charge is 0.0369 e. The van der Waals surface area contributed by atoms with Crippen LogP contribution < -0.4 is 10.6 Å². The first-order valence-electron chi connectivity index (χ1n) is 8.48. The van der Waals surface area contributed by atoms with Crippen molar-refractivity contribution in [2.75, 3.05) is 37.6 Å². The maximum absolute atomic E-state index is 6.47. The van der Waals surface area contributed by atoms with Crippen LogP contribution in [0.25, 0.3) is 0 Å². The van der Waals surface area contributed by atoms with Gasteiger partial charge in [-0.3, -0.25) is 4.90 Å². The fraction of sp³-hybridized carbons (Fsp3) is 0.667. The van der Waals surface area contributed by atoms with Crippen molar-refractivity contribution < 1.29 is 0 Å². The molecule has 0 unspecified atom stereocenters. The number of piperazine rings is 1. The molecule has 0 spiro atoms. The van der Waals surface area contributed by atoms with Crippen molar-refractivity contribution in [1.82, 2.24) is 4.90 Å². The predicted octanol–water partition coefficient (Wildman–Crippen LogP) is 2.78. The Morgan fingerprint density at radius 3 is 2.48 bits per heavy atom. The summed E-state index contributed by atoms with van der Waals surface area (Å²) < 4.78 is 0. The summed E-state index contributed by atoms with van der Waals surface area (Å²) in [6, 6.07) is 8.86. The molecule has 116 valence electrons. The molecule has 0 amide bonds. The van der Waals surface area contributed by atoms with Crippen LogP contribution >= 0.6 is 0 Å². The zero-order chi connectivity index (χ0) is 14.7. The average molecular weight is 287 g/mol. The van der Waals surface area contributed by atoms with Crippen molar-refractivity contribution in [3.05, 3.63) is 29.8 Å². The highest BCUT2D eigenvalue weighted by atomic mass is 15.3. The maximum atomic E-state index is 6.47. The van der Waals surface area contributed by atoms with E-state index in [0.29, 0.717) is 0 Å². The first-order chi connectivity index (χ1) is 10.1. The van der Waals surface area contributed by atoms with Gasteiger partial charge in [-0.05, 0) is 43.9 Å². The van der Waals surface area contributed by atoms with Crippen molar-refractivity contribution in [2.45, 2.75) is 44.6 Å². The normalized spacial score (nSPS) is 22.7. The summed E-state index contributed by atoms with van der Waals surface area (Å²) in [5.41, 5.74) is 9.34. The van der Waals surface area contributed by atoms with E-state index in [0.717, 1.165) is 13.1 Å². The molecule has 2 aliphatic rings. The van der Waals surface area contributed by atoms with Crippen molar-refractivity contribution in [3.63, 3.8) is 0 Å². The molecule has 0 atom stereocenters. The van der Waals surface area contributed by atoms with Gasteiger partial charge in [-0.2, -0.15) is 0 Å². The SMILES string of the molecule is Cc1cccc(N2CCN(CCC3(N)CCCC3)CC2)c1. The number of benzene rings is 1. The Hall–Kier alpha value is -1.06. The number of rotatable bonds is 4. The van der Waals surface area contributed by atoms with Crippen LogP contribution in [0.15, 0.2) is 24.3 Å². The van der Waals surface area contributed by atoms with Crippen LogP contribution in [0.3, 0.4) is 0 Å².